The molecule has 2 nitrogen and oxygen atoms in total. The highest BCUT2D eigenvalue weighted by Gasteiger charge is 2.47. The molecule has 0 radical (unpaired) electrons. The number of hydrogen-bond acceptors (Lipinski definition) is 2. The summed E-state index contributed by atoms with van der Waals surface area (Å²) in [7, 11) is 0. The zero-order chi connectivity index (χ0) is 9.47. The van der Waals surface area contributed by atoms with Gasteiger partial charge in [-0.25, -0.2) is 0 Å². The first kappa shape index (κ1) is 9.47. The summed E-state index contributed by atoms with van der Waals surface area (Å²) in [5, 5.41) is 9.67. The first-order valence-corrected chi connectivity index (χ1v) is 5.55. The molecule has 0 aromatic rings. The normalized spacial score (nSPS) is 40.2. The van der Waals surface area contributed by atoms with Gasteiger partial charge in [0.05, 0.1) is 6.10 Å². The summed E-state index contributed by atoms with van der Waals surface area (Å²) in [5.74, 6) is 0.755. The Labute approximate surface area is 80.9 Å². The molecule has 2 rings (SSSR count). The van der Waals surface area contributed by atoms with Gasteiger partial charge < -0.3 is 5.11 Å². The highest BCUT2D eigenvalue weighted by atomic mass is 16.3. The van der Waals surface area contributed by atoms with Crippen LogP contribution in [0.1, 0.15) is 39.5 Å². The molecule has 0 saturated carbocycles. The molecule has 0 aliphatic carbocycles. The number of hydrogen-bond donors (Lipinski definition) is 1. The summed E-state index contributed by atoms with van der Waals surface area (Å²) in [4.78, 5) is 2.53. The molecular formula is C11H21NO. The molecule has 2 heteroatoms. The minimum Gasteiger partial charge on any atom is -0.392 e. The van der Waals surface area contributed by atoms with Gasteiger partial charge in [-0.3, -0.25) is 4.90 Å². The lowest BCUT2D eigenvalue weighted by Crippen LogP contribution is -2.39. The average Bonchev–Trinajstić information content (AvgIpc) is 2.40. The smallest absolute Gasteiger partial charge is 0.0685 e. The number of aliphatic hydroxyl groups is 1. The van der Waals surface area contributed by atoms with E-state index < -0.39 is 0 Å². The topological polar surface area (TPSA) is 23.5 Å². The van der Waals surface area contributed by atoms with Crippen LogP contribution in [0.15, 0.2) is 0 Å². The molecule has 2 aliphatic rings. The molecule has 0 aromatic carbocycles. The molecule has 2 aliphatic heterocycles. The molecule has 76 valence electrons. The van der Waals surface area contributed by atoms with Gasteiger partial charge in [0, 0.05) is 12.1 Å². The third-order valence-electron chi connectivity index (χ3n) is 3.58. The average molecular weight is 183 g/mol. The van der Waals surface area contributed by atoms with Gasteiger partial charge in [0.15, 0.2) is 0 Å². The Morgan fingerprint density at radius 2 is 2.31 bits per heavy atom. The van der Waals surface area contributed by atoms with E-state index in [9.17, 15) is 5.11 Å². The van der Waals surface area contributed by atoms with Crippen LogP contribution in [0.25, 0.3) is 0 Å². The van der Waals surface area contributed by atoms with Crippen molar-refractivity contribution in [2.75, 3.05) is 13.1 Å². The van der Waals surface area contributed by atoms with Gasteiger partial charge in [0.1, 0.15) is 0 Å². The Bertz CT molecular complexity index is 193. The maximum absolute atomic E-state index is 9.67. The highest BCUT2D eigenvalue weighted by molar-refractivity contribution is 5.03. The maximum Gasteiger partial charge on any atom is 0.0685 e. The largest absolute Gasteiger partial charge is 0.392 e. The zero-order valence-corrected chi connectivity index (χ0v) is 8.79. The van der Waals surface area contributed by atoms with E-state index in [1.54, 1.807) is 0 Å². The predicted octanol–water partition coefficient (Wildman–Crippen LogP) is 1.63. The van der Waals surface area contributed by atoms with Gasteiger partial charge in [0.2, 0.25) is 0 Å². The van der Waals surface area contributed by atoms with Gasteiger partial charge in [-0.1, -0.05) is 13.8 Å². The molecule has 2 fully saturated rings. The number of nitrogens with zero attached hydrogens (tertiary/aromatic N) is 1. The molecular weight excluding hydrogens is 162 g/mol. The molecule has 1 N–H and O–H groups in total. The second-order valence-corrected chi connectivity index (χ2v) is 5.23. The van der Waals surface area contributed by atoms with Crippen molar-refractivity contribution in [3.8, 4) is 0 Å². The first-order valence-electron chi connectivity index (χ1n) is 5.55. The van der Waals surface area contributed by atoms with Crippen molar-refractivity contribution < 1.29 is 5.11 Å². The van der Waals surface area contributed by atoms with E-state index in [1.165, 1.54) is 25.8 Å². The van der Waals surface area contributed by atoms with E-state index in [4.69, 9.17) is 0 Å². The number of aliphatic hydroxyl groups excluding tert-OH is 1. The van der Waals surface area contributed by atoms with Crippen LogP contribution in [0.3, 0.4) is 0 Å². The van der Waals surface area contributed by atoms with Crippen molar-refractivity contribution in [2.24, 2.45) is 5.92 Å². The second-order valence-electron chi connectivity index (χ2n) is 5.23. The molecule has 0 spiro atoms. The van der Waals surface area contributed by atoms with Crippen molar-refractivity contribution in [2.45, 2.75) is 51.2 Å². The van der Waals surface area contributed by atoms with Gasteiger partial charge in [-0.2, -0.15) is 0 Å². The maximum atomic E-state index is 9.67. The quantitative estimate of drug-likeness (QED) is 0.703. The van der Waals surface area contributed by atoms with Crippen molar-refractivity contribution in [3.05, 3.63) is 0 Å². The van der Waals surface area contributed by atoms with Crippen LogP contribution in [0.5, 0.6) is 0 Å². The fraction of sp³-hybridized carbons (Fsp3) is 1.00. The third kappa shape index (κ3) is 1.62. The van der Waals surface area contributed by atoms with Gasteiger partial charge in [-0.15, -0.1) is 0 Å². The van der Waals surface area contributed by atoms with Crippen molar-refractivity contribution in [3.63, 3.8) is 0 Å². The van der Waals surface area contributed by atoms with Crippen molar-refractivity contribution in [1.29, 1.82) is 0 Å². The molecule has 2 heterocycles. The predicted molar refractivity (Wildman–Crippen MR) is 53.6 cm³/mol. The number of fused-ring (bicyclic) bond motifs is 1. The van der Waals surface area contributed by atoms with Crippen LogP contribution in [-0.2, 0) is 0 Å². The molecule has 2 atom stereocenters. The summed E-state index contributed by atoms with van der Waals surface area (Å²) in [6, 6.07) is 0. The fourth-order valence-corrected chi connectivity index (χ4v) is 3.34. The molecule has 2 saturated heterocycles. The molecule has 0 aromatic heterocycles. The van der Waals surface area contributed by atoms with Crippen LogP contribution in [0.2, 0.25) is 0 Å². The monoisotopic (exact) mass is 183 g/mol. The van der Waals surface area contributed by atoms with Crippen molar-refractivity contribution >= 4 is 0 Å². The van der Waals surface area contributed by atoms with Crippen molar-refractivity contribution in [1.82, 2.24) is 4.90 Å². The summed E-state index contributed by atoms with van der Waals surface area (Å²) in [6.45, 7) is 6.71. The van der Waals surface area contributed by atoms with E-state index in [2.05, 4.69) is 18.7 Å². The molecule has 13 heavy (non-hydrogen) atoms. The summed E-state index contributed by atoms with van der Waals surface area (Å²) < 4.78 is 0. The first-order chi connectivity index (χ1) is 6.12. The van der Waals surface area contributed by atoms with Crippen LogP contribution in [0, 0.1) is 5.92 Å². The standard InChI is InChI=1S/C11H21NO/c1-9(2)6-11-4-3-5-12(11)8-10(13)7-11/h9-10,13H,3-8H2,1-2H3/t10-,11+/m0/s1. The SMILES string of the molecule is CC(C)C[C@@]12CCCN1C[C@@H](O)C2. The lowest BCUT2D eigenvalue weighted by molar-refractivity contribution is 0.163. The van der Waals surface area contributed by atoms with Gasteiger partial charge in [-0.05, 0) is 38.1 Å². The lowest BCUT2D eigenvalue weighted by Gasteiger charge is -2.33. The Morgan fingerprint density at radius 3 is 3.00 bits per heavy atom. The molecule has 0 amide bonds. The van der Waals surface area contributed by atoms with Gasteiger partial charge in [0.25, 0.3) is 0 Å². The Balaban J connectivity index is 2.09. The van der Waals surface area contributed by atoms with Crippen LogP contribution in [0.4, 0.5) is 0 Å². The summed E-state index contributed by atoms with van der Waals surface area (Å²) >= 11 is 0. The van der Waals surface area contributed by atoms with E-state index >= 15 is 0 Å². The van der Waals surface area contributed by atoms with Crippen LogP contribution in [-0.4, -0.2) is 34.7 Å². The van der Waals surface area contributed by atoms with Crippen LogP contribution >= 0.6 is 0 Å². The van der Waals surface area contributed by atoms with Crippen LogP contribution < -0.4 is 0 Å². The minimum atomic E-state index is -0.0564. The molecule has 0 unspecified atom stereocenters. The van der Waals surface area contributed by atoms with E-state index in [0.29, 0.717) is 5.54 Å². The number of β-amino-alcohol motifs (C(OH)–C–C–N with tert-alkyl or cyclic N) is 1. The fourth-order valence-electron chi connectivity index (χ4n) is 3.34. The van der Waals surface area contributed by atoms with Gasteiger partial charge >= 0.3 is 0 Å². The Hall–Kier alpha value is -0.0800. The zero-order valence-electron chi connectivity index (χ0n) is 8.79. The van der Waals surface area contributed by atoms with E-state index in [-0.39, 0.29) is 6.10 Å². The summed E-state index contributed by atoms with van der Waals surface area (Å²) in [6.07, 6.45) is 4.87. The minimum absolute atomic E-state index is 0.0564. The summed E-state index contributed by atoms with van der Waals surface area (Å²) in [5.41, 5.74) is 0.383. The highest BCUT2D eigenvalue weighted by Crippen LogP contribution is 2.42. The van der Waals surface area contributed by atoms with E-state index in [0.717, 1.165) is 18.9 Å². The third-order valence-corrected chi connectivity index (χ3v) is 3.58. The second kappa shape index (κ2) is 3.25. The lowest BCUT2D eigenvalue weighted by atomic mass is 9.85. The Kier molecular flexibility index (Phi) is 2.37. The Morgan fingerprint density at radius 1 is 1.54 bits per heavy atom. The van der Waals surface area contributed by atoms with E-state index in [1.807, 2.05) is 0 Å². The molecule has 0 bridgehead atoms. The number of rotatable bonds is 2.